The molecule has 0 spiro atoms. The molecule has 0 radical (unpaired) electrons. The zero-order valence-electron chi connectivity index (χ0n) is 13.9. The van der Waals surface area contributed by atoms with Gasteiger partial charge in [-0.3, -0.25) is 4.79 Å². The van der Waals surface area contributed by atoms with Crippen LogP contribution in [-0.4, -0.2) is 41.5 Å². The Morgan fingerprint density at radius 2 is 1.96 bits per heavy atom. The second-order valence-electron chi connectivity index (χ2n) is 6.97. The second-order valence-corrected chi connectivity index (χ2v) is 6.97. The van der Waals surface area contributed by atoms with E-state index >= 15 is 0 Å². The first-order chi connectivity index (χ1) is 10.7. The summed E-state index contributed by atoms with van der Waals surface area (Å²) in [6.45, 7) is 6.80. The van der Waals surface area contributed by atoms with E-state index in [4.69, 9.17) is 0 Å². The molecule has 126 valence electrons. The summed E-state index contributed by atoms with van der Waals surface area (Å²) >= 11 is 0. The molecule has 1 heterocycles. The van der Waals surface area contributed by atoms with Gasteiger partial charge < -0.3 is 15.5 Å². The lowest BCUT2D eigenvalue weighted by Crippen LogP contribution is -2.50. The van der Waals surface area contributed by atoms with E-state index in [1.807, 2.05) is 20.8 Å². The number of rotatable bonds is 4. The number of hydrogen-bond acceptors (Lipinski definition) is 2. The maximum Gasteiger partial charge on any atom is 0.315 e. The van der Waals surface area contributed by atoms with Crippen molar-refractivity contribution >= 4 is 11.9 Å². The average Bonchev–Trinajstić information content (AvgIpc) is 2.76. The van der Waals surface area contributed by atoms with Gasteiger partial charge in [-0.1, -0.05) is 12.1 Å². The third kappa shape index (κ3) is 5.54. The second kappa shape index (κ2) is 6.98. The molecule has 6 heteroatoms. The van der Waals surface area contributed by atoms with Gasteiger partial charge in [-0.25, -0.2) is 9.18 Å². The quantitative estimate of drug-likeness (QED) is 0.892. The van der Waals surface area contributed by atoms with Crippen molar-refractivity contribution in [2.75, 3.05) is 13.1 Å². The number of urea groups is 1. The molecular formula is C17H24FN3O2. The van der Waals surface area contributed by atoms with E-state index in [0.717, 1.165) is 5.56 Å². The molecule has 0 aliphatic carbocycles. The first kappa shape index (κ1) is 17.2. The topological polar surface area (TPSA) is 61.4 Å². The van der Waals surface area contributed by atoms with Crippen LogP contribution in [0.2, 0.25) is 0 Å². The summed E-state index contributed by atoms with van der Waals surface area (Å²) in [5, 5.41) is 5.66. The lowest BCUT2D eigenvalue weighted by atomic mass is 10.1. The van der Waals surface area contributed by atoms with Gasteiger partial charge in [0.15, 0.2) is 0 Å². The Bertz CT molecular complexity index is 566. The lowest BCUT2D eigenvalue weighted by Gasteiger charge is -2.22. The monoisotopic (exact) mass is 321 g/mol. The Balaban J connectivity index is 1.80. The van der Waals surface area contributed by atoms with Gasteiger partial charge in [-0.2, -0.15) is 0 Å². The molecule has 1 aromatic rings. The van der Waals surface area contributed by atoms with E-state index in [1.165, 1.54) is 12.1 Å². The zero-order chi connectivity index (χ0) is 17.0. The predicted molar refractivity (Wildman–Crippen MR) is 86.5 cm³/mol. The van der Waals surface area contributed by atoms with Crippen molar-refractivity contribution in [3.05, 3.63) is 35.6 Å². The Kier molecular flexibility index (Phi) is 5.23. The first-order valence-corrected chi connectivity index (χ1v) is 7.84. The third-order valence-electron chi connectivity index (χ3n) is 3.62. The number of carbonyl (C=O) groups excluding carboxylic acids is 2. The molecule has 1 aliphatic rings. The van der Waals surface area contributed by atoms with Gasteiger partial charge in [-0.15, -0.1) is 0 Å². The number of nitrogens with zero attached hydrogens (tertiary/aromatic N) is 1. The minimum Gasteiger partial charge on any atom is -0.340 e. The van der Waals surface area contributed by atoms with Crippen LogP contribution in [0.4, 0.5) is 9.18 Å². The Hall–Kier alpha value is -2.11. The number of likely N-dealkylation sites (tertiary alicyclic amines) is 1. The molecule has 1 fully saturated rings. The largest absolute Gasteiger partial charge is 0.340 e. The van der Waals surface area contributed by atoms with Crippen molar-refractivity contribution in [2.45, 2.75) is 45.2 Å². The van der Waals surface area contributed by atoms with Crippen LogP contribution in [0.1, 0.15) is 32.8 Å². The maximum atomic E-state index is 12.9. The highest BCUT2D eigenvalue weighted by Crippen LogP contribution is 2.13. The summed E-state index contributed by atoms with van der Waals surface area (Å²) < 4.78 is 12.9. The van der Waals surface area contributed by atoms with E-state index in [1.54, 1.807) is 17.0 Å². The highest BCUT2D eigenvalue weighted by atomic mass is 19.1. The molecule has 5 nitrogen and oxygen atoms in total. The number of nitrogens with one attached hydrogen (secondary N) is 2. The van der Waals surface area contributed by atoms with E-state index < -0.39 is 0 Å². The van der Waals surface area contributed by atoms with Crippen molar-refractivity contribution in [3.63, 3.8) is 0 Å². The molecule has 0 saturated carbocycles. The fraction of sp³-hybridized carbons (Fsp3) is 0.529. The van der Waals surface area contributed by atoms with Gasteiger partial charge in [0.2, 0.25) is 5.91 Å². The summed E-state index contributed by atoms with van der Waals surface area (Å²) in [4.78, 5) is 25.6. The standard InChI is InChI=1S/C17H24FN3O2/c1-17(2,3)20-16(23)19-14-10-15(22)21(11-14)9-8-12-4-6-13(18)7-5-12/h4-7,14H,8-11H2,1-3H3,(H2,19,20,23)/t14-/m0/s1. The molecule has 1 aromatic carbocycles. The van der Waals surface area contributed by atoms with Crippen molar-refractivity contribution < 1.29 is 14.0 Å². The molecule has 2 N–H and O–H groups in total. The van der Waals surface area contributed by atoms with Crippen LogP contribution in [0.3, 0.4) is 0 Å². The molecule has 0 bridgehead atoms. The SMILES string of the molecule is CC(C)(C)NC(=O)N[C@H]1CC(=O)N(CCc2ccc(F)cc2)C1. The van der Waals surface area contributed by atoms with Crippen molar-refractivity contribution in [3.8, 4) is 0 Å². The smallest absolute Gasteiger partial charge is 0.315 e. The summed E-state index contributed by atoms with van der Waals surface area (Å²) in [5.74, 6) is -0.228. The van der Waals surface area contributed by atoms with E-state index in [2.05, 4.69) is 10.6 Å². The van der Waals surface area contributed by atoms with Crippen LogP contribution in [0.25, 0.3) is 0 Å². The summed E-state index contributed by atoms with van der Waals surface area (Å²) in [5.41, 5.74) is 0.677. The fourth-order valence-electron chi connectivity index (χ4n) is 2.56. The van der Waals surface area contributed by atoms with E-state index in [9.17, 15) is 14.0 Å². The molecule has 1 atom stereocenters. The number of carbonyl (C=O) groups is 2. The number of benzene rings is 1. The van der Waals surface area contributed by atoms with Crippen LogP contribution < -0.4 is 10.6 Å². The summed E-state index contributed by atoms with van der Waals surface area (Å²) in [7, 11) is 0. The van der Waals surface area contributed by atoms with Crippen molar-refractivity contribution in [1.82, 2.24) is 15.5 Å². The minimum absolute atomic E-state index is 0.0353. The van der Waals surface area contributed by atoms with Gasteiger partial charge in [0.25, 0.3) is 0 Å². The lowest BCUT2D eigenvalue weighted by molar-refractivity contribution is -0.127. The van der Waals surface area contributed by atoms with Crippen molar-refractivity contribution in [1.29, 1.82) is 0 Å². The number of halogens is 1. The molecule has 0 aromatic heterocycles. The minimum atomic E-state index is -0.311. The Morgan fingerprint density at radius 1 is 1.30 bits per heavy atom. The third-order valence-corrected chi connectivity index (χ3v) is 3.62. The molecule has 0 unspecified atom stereocenters. The normalized spacial score (nSPS) is 18.2. The Morgan fingerprint density at radius 3 is 2.57 bits per heavy atom. The predicted octanol–water partition coefficient (Wildman–Crippen LogP) is 2.07. The van der Waals surface area contributed by atoms with Gasteiger partial charge in [0.05, 0.1) is 6.04 Å². The van der Waals surface area contributed by atoms with Crippen LogP contribution >= 0.6 is 0 Å². The van der Waals surface area contributed by atoms with Gasteiger partial charge in [0, 0.05) is 25.0 Å². The number of amides is 3. The fourth-order valence-corrected chi connectivity index (χ4v) is 2.56. The van der Waals surface area contributed by atoms with Crippen LogP contribution in [0.5, 0.6) is 0 Å². The highest BCUT2D eigenvalue weighted by Gasteiger charge is 2.30. The molecule has 1 aliphatic heterocycles. The molecule has 3 amide bonds. The van der Waals surface area contributed by atoms with E-state index in [0.29, 0.717) is 25.9 Å². The highest BCUT2D eigenvalue weighted by molar-refractivity contribution is 5.81. The van der Waals surface area contributed by atoms with Gasteiger partial charge in [-0.05, 0) is 44.9 Å². The van der Waals surface area contributed by atoms with E-state index in [-0.39, 0.29) is 29.3 Å². The summed E-state index contributed by atoms with van der Waals surface area (Å²) in [6, 6.07) is 5.86. The summed E-state index contributed by atoms with van der Waals surface area (Å²) in [6.07, 6.45) is 0.994. The zero-order valence-corrected chi connectivity index (χ0v) is 13.9. The van der Waals surface area contributed by atoms with Crippen LogP contribution in [0, 0.1) is 5.82 Å². The molecule has 2 rings (SSSR count). The van der Waals surface area contributed by atoms with Gasteiger partial charge in [0.1, 0.15) is 5.82 Å². The average molecular weight is 321 g/mol. The maximum absolute atomic E-state index is 12.9. The van der Waals surface area contributed by atoms with Crippen LogP contribution in [-0.2, 0) is 11.2 Å². The molecule has 23 heavy (non-hydrogen) atoms. The molecular weight excluding hydrogens is 297 g/mol. The van der Waals surface area contributed by atoms with Crippen LogP contribution in [0.15, 0.2) is 24.3 Å². The van der Waals surface area contributed by atoms with Crippen molar-refractivity contribution in [2.24, 2.45) is 0 Å². The molecule has 1 saturated heterocycles. The Labute approximate surface area is 136 Å². The first-order valence-electron chi connectivity index (χ1n) is 7.84. The number of hydrogen-bond donors (Lipinski definition) is 2. The van der Waals surface area contributed by atoms with Gasteiger partial charge >= 0.3 is 6.03 Å².